The average molecular weight is 577 g/mol. The second kappa shape index (κ2) is 11.1. The number of hydrogen-bond donors (Lipinski definition) is 2. The van der Waals surface area contributed by atoms with Crippen LogP contribution in [0.2, 0.25) is 15.1 Å². The van der Waals surface area contributed by atoms with Crippen molar-refractivity contribution in [3.63, 3.8) is 0 Å². The maximum absolute atomic E-state index is 13.2. The fourth-order valence-electron chi connectivity index (χ4n) is 3.66. The van der Waals surface area contributed by atoms with Gasteiger partial charge in [-0.05, 0) is 54.6 Å². The molecule has 0 saturated carbocycles. The number of nitrogens with zero attached hydrogens (tertiary/aromatic N) is 2. The van der Waals surface area contributed by atoms with E-state index < -0.39 is 10.0 Å². The Kier molecular flexibility index (Phi) is 8.67. The standard InChI is InChI=1S/C23H20Cl3N3O4S.ClH/c24-15-2-1-3-16(12-15)27-34(32,33)22-13-19(20(25)14-21(22)26)23(31)29-10-8-28(9-11-29)17-4-6-18(30)7-5-17;/h1-7,12-14,27,30H,8-11H2;1H. The molecule has 1 aliphatic heterocycles. The van der Waals surface area contributed by atoms with Crippen LogP contribution in [-0.4, -0.2) is 50.5 Å². The van der Waals surface area contributed by atoms with Crippen LogP contribution >= 0.6 is 47.2 Å². The molecule has 0 aromatic heterocycles. The molecule has 0 aliphatic carbocycles. The normalized spacial score (nSPS) is 13.8. The molecule has 186 valence electrons. The van der Waals surface area contributed by atoms with Gasteiger partial charge in [-0.2, -0.15) is 0 Å². The molecule has 7 nitrogen and oxygen atoms in total. The van der Waals surface area contributed by atoms with Crippen molar-refractivity contribution in [2.45, 2.75) is 4.90 Å². The van der Waals surface area contributed by atoms with Crippen LogP contribution in [0, 0.1) is 0 Å². The molecular formula is C23H21Cl4N3O4S. The SMILES string of the molecule is Cl.O=C(c1cc(S(=O)(=O)Nc2cccc(Cl)c2)c(Cl)cc1Cl)N1CCN(c2ccc(O)cc2)CC1. The number of halogens is 4. The second-order valence-corrected chi connectivity index (χ2v) is 10.6. The Balaban J connectivity index is 0.00000342. The molecule has 0 radical (unpaired) electrons. The van der Waals surface area contributed by atoms with Crippen LogP contribution < -0.4 is 9.62 Å². The Morgan fingerprint density at radius 1 is 0.886 bits per heavy atom. The number of benzene rings is 3. The lowest BCUT2D eigenvalue weighted by Gasteiger charge is -2.36. The fourth-order valence-corrected chi connectivity index (χ4v) is 5.76. The number of sulfonamides is 1. The van der Waals surface area contributed by atoms with Gasteiger partial charge in [0, 0.05) is 36.9 Å². The molecule has 0 spiro atoms. The van der Waals surface area contributed by atoms with E-state index in [-0.39, 0.29) is 50.3 Å². The second-order valence-electron chi connectivity index (χ2n) is 7.67. The quantitative estimate of drug-likeness (QED) is 0.416. The lowest BCUT2D eigenvalue weighted by atomic mass is 10.1. The van der Waals surface area contributed by atoms with Gasteiger partial charge in [0.1, 0.15) is 10.6 Å². The van der Waals surface area contributed by atoms with Gasteiger partial charge in [0.15, 0.2) is 0 Å². The Bertz CT molecular complexity index is 1330. The Hall–Kier alpha value is -2.36. The van der Waals surface area contributed by atoms with Gasteiger partial charge in [-0.3, -0.25) is 9.52 Å². The maximum Gasteiger partial charge on any atom is 0.263 e. The van der Waals surface area contributed by atoms with E-state index in [1.54, 1.807) is 35.2 Å². The fraction of sp³-hybridized carbons (Fsp3) is 0.174. The van der Waals surface area contributed by atoms with Crippen molar-refractivity contribution in [2.75, 3.05) is 35.8 Å². The van der Waals surface area contributed by atoms with Gasteiger partial charge in [-0.1, -0.05) is 40.9 Å². The summed E-state index contributed by atoms with van der Waals surface area (Å²) in [4.78, 5) is 16.7. The number of carbonyl (C=O) groups is 1. The molecule has 35 heavy (non-hydrogen) atoms. The smallest absolute Gasteiger partial charge is 0.263 e. The molecule has 0 bridgehead atoms. The summed E-state index contributed by atoms with van der Waals surface area (Å²) in [6, 6.07) is 15.5. The number of aromatic hydroxyl groups is 1. The number of rotatable bonds is 5. The van der Waals surface area contributed by atoms with Crippen LogP contribution in [0.5, 0.6) is 5.75 Å². The molecule has 1 saturated heterocycles. The first-order valence-electron chi connectivity index (χ1n) is 10.2. The molecule has 3 aromatic rings. The van der Waals surface area contributed by atoms with Crippen molar-refractivity contribution < 1.29 is 18.3 Å². The third-order valence-electron chi connectivity index (χ3n) is 5.40. The van der Waals surface area contributed by atoms with Gasteiger partial charge < -0.3 is 14.9 Å². The van der Waals surface area contributed by atoms with Crippen molar-refractivity contribution in [2.24, 2.45) is 0 Å². The van der Waals surface area contributed by atoms with Crippen LogP contribution in [0.1, 0.15) is 10.4 Å². The Morgan fingerprint density at radius 3 is 2.17 bits per heavy atom. The molecule has 3 aromatic carbocycles. The Labute approximate surface area is 224 Å². The summed E-state index contributed by atoms with van der Waals surface area (Å²) in [6.45, 7) is 1.98. The van der Waals surface area contributed by atoms with Gasteiger partial charge in [-0.15, -0.1) is 12.4 Å². The zero-order valence-electron chi connectivity index (χ0n) is 18.1. The van der Waals surface area contributed by atoms with Crippen LogP contribution in [-0.2, 0) is 10.0 Å². The number of phenolic OH excluding ortho intramolecular Hbond substituents is 1. The average Bonchev–Trinajstić information content (AvgIpc) is 2.79. The molecule has 1 heterocycles. The highest BCUT2D eigenvalue weighted by Gasteiger charge is 2.27. The van der Waals surface area contributed by atoms with Crippen molar-refractivity contribution in [3.05, 3.63) is 81.3 Å². The van der Waals surface area contributed by atoms with Crippen LogP contribution in [0.4, 0.5) is 11.4 Å². The molecule has 1 aliphatic rings. The van der Waals surface area contributed by atoms with E-state index in [9.17, 15) is 18.3 Å². The van der Waals surface area contributed by atoms with E-state index in [1.165, 1.54) is 18.2 Å². The number of anilines is 2. The molecular weight excluding hydrogens is 556 g/mol. The van der Waals surface area contributed by atoms with Gasteiger partial charge in [-0.25, -0.2) is 8.42 Å². The summed E-state index contributed by atoms with van der Waals surface area (Å²) in [5, 5.41) is 9.80. The minimum atomic E-state index is -4.11. The van der Waals surface area contributed by atoms with Crippen molar-refractivity contribution in [1.82, 2.24) is 4.90 Å². The predicted octanol–water partition coefficient (Wildman–Crippen LogP) is 5.54. The van der Waals surface area contributed by atoms with Crippen molar-refractivity contribution in [3.8, 4) is 5.75 Å². The molecule has 4 rings (SSSR count). The summed E-state index contributed by atoms with van der Waals surface area (Å²) in [5.74, 6) is -0.197. The molecule has 1 fully saturated rings. The highest BCUT2D eigenvalue weighted by molar-refractivity contribution is 7.92. The predicted molar refractivity (Wildman–Crippen MR) is 142 cm³/mol. The molecule has 1 amide bonds. The monoisotopic (exact) mass is 575 g/mol. The summed E-state index contributed by atoms with van der Waals surface area (Å²) >= 11 is 18.4. The largest absolute Gasteiger partial charge is 0.508 e. The minimum absolute atomic E-state index is 0. The number of piperazine rings is 1. The van der Waals surface area contributed by atoms with Gasteiger partial charge >= 0.3 is 0 Å². The van der Waals surface area contributed by atoms with Crippen LogP contribution in [0.15, 0.2) is 65.6 Å². The van der Waals surface area contributed by atoms with Gasteiger partial charge in [0.2, 0.25) is 0 Å². The highest BCUT2D eigenvalue weighted by Crippen LogP contribution is 2.31. The van der Waals surface area contributed by atoms with E-state index >= 15 is 0 Å². The van der Waals surface area contributed by atoms with E-state index in [1.807, 2.05) is 12.1 Å². The van der Waals surface area contributed by atoms with Crippen molar-refractivity contribution in [1.29, 1.82) is 0 Å². The first-order valence-corrected chi connectivity index (χ1v) is 12.9. The van der Waals surface area contributed by atoms with E-state index in [0.29, 0.717) is 31.2 Å². The summed E-state index contributed by atoms with van der Waals surface area (Å²) in [6.07, 6.45) is 0. The van der Waals surface area contributed by atoms with Crippen LogP contribution in [0.3, 0.4) is 0 Å². The van der Waals surface area contributed by atoms with E-state index in [4.69, 9.17) is 34.8 Å². The summed E-state index contributed by atoms with van der Waals surface area (Å²) in [7, 11) is -4.11. The topological polar surface area (TPSA) is 90.0 Å². The minimum Gasteiger partial charge on any atom is -0.508 e. The summed E-state index contributed by atoms with van der Waals surface area (Å²) < 4.78 is 28.4. The lowest BCUT2D eigenvalue weighted by molar-refractivity contribution is 0.0746. The molecule has 0 unspecified atom stereocenters. The Morgan fingerprint density at radius 2 is 1.54 bits per heavy atom. The molecule has 0 atom stereocenters. The summed E-state index contributed by atoms with van der Waals surface area (Å²) in [5.41, 5.74) is 1.25. The molecule has 12 heteroatoms. The number of phenols is 1. The third kappa shape index (κ3) is 6.26. The van der Waals surface area contributed by atoms with Crippen LogP contribution in [0.25, 0.3) is 0 Å². The molecule has 2 N–H and O–H groups in total. The first kappa shape index (κ1) is 27.2. The number of amides is 1. The van der Waals surface area contributed by atoms with E-state index in [0.717, 1.165) is 5.69 Å². The zero-order valence-corrected chi connectivity index (χ0v) is 22.0. The van der Waals surface area contributed by atoms with Gasteiger partial charge in [0.25, 0.3) is 15.9 Å². The van der Waals surface area contributed by atoms with E-state index in [2.05, 4.69) is 9.62 Å². The number of nitrogens with one attached hydrogen (secondary N) is 1. The lowest BCUT2D eigenvalue weighted by Crippen LogP contribution is -2.48. The van der Waals surface area contributed by atoms with Gasteiger partial charge in [0.05, 0.1) is 21.3 Å². The third-order valence-corrected chi connectivity index (χ3v) is 7.79. The zero-order chi connectivity index (χ0) is 24.5. The van der Waals surface area contributed by atoms with Crippen molar-refractivity contribution >= 4 is 74.5 Å². The number of hydrogen-bond acceptors (Lipinski definition) is 5. The maximum atomic E-state index is 13.2. The highest BCUT2D eigenvalue weighted by atomic mass is 35.5. The number of carbonyl (C=O) groups excluding carboxylic acids is 1. The first-order chi connectivity index (χ1) is 16.1.